The van der Waals surface area contributed by atoms with E-state index in [9.17, 15) is 0 Å². The summed E-state index contributed by atoms with van der Waals surface area (Å²) >= 11 is 0. The molecule has 0 bridgehead atoms. The molecule has 3 heteroatoms. The van der Waals surface area contributed by atoms with E-state index in [1.165, 1.54) is 0 Å². The van der Waals surface area contributed by atoms with Gasteiger partial charge < -0.3 is 0 Å². The molecule has 0 aromatic rings. The SMILES string of the molecule is CC1=CN(C)NC=N1. The maximum absolute atomic E-state index is 3.96. The Morgan fingerprint density at radius 1 is 1.75 bits per heavy atom. The third-order valence-electron chi connectivity index (χ3n) is 0.910. The Morgan fingerprint density at radius 3 is 2.88 bits per heavy atom. The molecule has 0 aromatic carbocycles. The van der Waals surface area contributed by atoms with Gasteiger partial charge in [-0.25, -0.2) is 4.99 Å². The number of nitrogens with zero attached hydrogens (tertiary/aromatic N) is 2. The molecule has 0 fully saturated rings. The smallest absolute Gasteiger partial charge is 0.107 e. The third kappa shape index (κ3) is 0.992. The van der Waals surface area contributed by atoms with Gasteiger partial charge in [0.15, 0.2) is 0 Å². The van der Waals surface area contributed by atoms with Gasteiger partial charge in [0, 0.05) is 13.2 Å². The molecule has 0 unspecified atom stereocenters. The predicted molar refractivity (Wildman–Crippen MR) is 33.1 cm³/mol. The molecule has 44 valence electrons. The summed E-state index contributed by atoms with van der Waals surface area (Å²) in [4.78, 5) is 3.96. The lowest BCUT2D eigenvalue weighted by molar-refractivity contribution is 0.404. The van der Waals surface area contributed by atoms with Gasteiger partial charge >= 0.3 is 0 Å². The van der Waals surface area contributed by atoms with Crippen LogP contribution in [0, 0.1) is 0 Å². The second-order valence-corrected chi connectivity index (χ2v) is 1.77. The summed E-state index contributed by atoms with van der Waals surface area (Å²) in [6, 6.07) is 0. The number of aliphatic imine (C=N–C) groups is 1. The van der Waals surface area contributed by atoms with Gasteiger partial charge in [0.05, 0.1) is 5.70 Å². The number of hydrogen-bond acceptors (Lipinski definition) is 3. The molecule has 1 heterocycles. The van der Waals surface area contributed by atoms with Crippen LogP contribution in [0.15, 0.2) is 16.9 Å². The van der Waals surface area contributed by atoms with Crippen molar-refractivity contribution in [1.82, 2.24) is 10.4 Å². The van der Waals surface area contributed by atoms with Crippen molar-refractivity contribution in [3.63, 3.8) is 0 Å². The van der Waals surface area contributed by atoms with Crippen molar-refractivity contribution in [3.8, 4) is 0 Å². The number of hydrogen-bond donors (Lipinski definition) is 1. The largest absolute Gasteiger partial charge is 0.296 e. The lowest BCUT2D eigenvalue weighted by Gasteiger charge is -2.16. The first kappa shape index (κ1) is 5.15. The van der Waals surface area contributed by atoms with Crippen molar-refractivity contribution in [2.45, 2.75) is 6.92 Å². The van der Waals surface area contributed by atoms with E-state index in [-0.39, 0.29) is 0 Å². The van der Waals surface area contributed by atoms with E-state index >= 15 is 0 Å². The Bertz CT molecular complexity index is 137. The molecule has 0 radical (unpaired) electrons. The Morgan fingerprint density at radius 2 is 2.50 bits per heavy atom. The molecule has 1 aliphatic heterocycles. The Kier molecular flexibility index (Phi) is 1.20. The maximum Gasteiger partial charge on any atom is 0.107 e. The Balaban J connectivity index is 2.63. The van der Waals surface area contributed by atoms with Crippen molar-refractivity contribution >= 4 is 6.34 Å². The van der Waals surface area contributed by atoms with Crippen LogP contribution in [0.2, 0.25) is 0 Å². The molecule has 3 nitrogen and oxygen atoms in total. The molecule has 0 aliphatic carbocycles. The van der Waals surface area contributed by atoms with Crippen molar-refractivity contribution in [2.24, 2.45) is 4.99 Å². The van der Waals surface area contributed by atoms with Crippen LogP contribution >= 0.6 is 0 Å². The second-order valence-electron chi connectivity index (χ2n) is 1.77. The monoisotopic (exact) mass is 111 g/mol. The van der Waals surface area contributed by atoms with Crippen molar-refractivity contribution < 1.29 is 0 Å². The first-order valence-electron chi connectivity index (χ1n) is 2.49. The fourth-order valence-corrected chi connectivity index (χ4v) is 0.573. The lowest BCUT2D eigenvalue weighted by atomic mass is 10.5. The van der Waals surface area contributed by atoms with Crippen molar-refractivity contribution in [1.29, 1.82) is 0 Å². The van der Waals surface area contributed by atoms with E-state index in [1.54, 1.807) is 6.34 Å². The second kappa shape index (κ2) is 1.86. The summed E-state index contributed by atoms with van der Waals surface area (Å²) in [6.07, 6.45) is 3.58. The summed E-state index contributed by atoms with van der Waals surface area (Å²) < 4.78 is 0. The first-order chi connectivity index (χ1) is 3.79. The highest BCUT2D eigenvalue weighted by Gasteiger charge is 1.92. The zero-order valence-corrected chi connectivity index (χ0v) is 5.05. The highest BCUT2D eigenvalue weighted by molar-refractivity contribution is 5.56. The molecule has 1 N–H and O–H groups in total. The van der Waals surface area contributed by atoms with Crippen LogP contribution in [0.3, 0.4) is 0 Å². The molecule has 0 saturated heterocycles. The minimum atomic E-state index is 1.02. The van der Waals surface area contributed by atoms with Gasteiger partial charge in [-0.3, -0.25) is 10.4 Å². The van der Waals surface area contributed by atoms with E-state index < -0.39 is 0 Å². The zero-order valence-electron chi connectivity index (χ0n) is 5.05. The van der Waals surface area contributed by atoms with Crippen LogP contribution in [0.4, 0.5) is 0 Å². The number of rotatable bonds is 0. The minimum Gasteiger partial charge on any atom is -0.296 e. The molecule has 8 heavy (non-hydrogen) atoms. The lowest BCUT2D eigenvalue weighted by Crippen LogP contribution is -2.30. The summed E-state index contributed by atoms with van der Waals surface area (Å²) in [5.74, 6) is 0. The van der Waals surface area contributed by atoms with E-state index in [2.05, 4.69) is 10.4 Å². The quantitative estimate of drug-likeness (QED) is 0.487. The minimum absolute atomic E-state index is 1.02. The van der Waals surface area contributed by atoms with Crippen LogP contribution in [0.5, 0.6) is 0 Å². The predicted octanol–water partition coefficient (Wildman–Crippen LogP) is 0.326. The van der Waals surface area contributed by atoms with Crippen molar-refractivity contribution in [3.05, 3.63) is 11.9 Å². The standard InChI is InChI=1S/C5H9N3/c1-5-3-8(2)7-4-6-5/h3-4H,1-2H3,(H,6,7). The van der Waals surface area contributed by atoms with Crippen LogP contribution in [-0.2, 0) is 0 Å². The fourth-order valence-electron chi connectivity index (χ4n) is 0.573. The van der Waals surface area contributed by atoms with E-state index in [4.69, 9.17) is 0 Å². The molecular weight excluding hydrogens is 102 g/mol. The topological polar surface area (TPSA) is 27.6 Å². The van der Waals surface area contributed by atoms with Gasteiger partial charge in [0.2, 0.25) is 0 Å². The molecule has 0 spiro atoms. The van der Waals surface area contributed by atoms with Crippen LogP contribution in [-0.4, -0.2) is 18.4 Å². The van der Waals surface area contributed by atoms with Crippen molar-refractivity contribution in [2.75, 3.05) is 7.05 Å². The van der Waals surface area contributed by atoms with Gasteiger partial charge in [-0.1, -0.05) is 0 Å². The Hall–Kier alpha value is -0.990. The first-order valence-corrected chi connectivity index (χ1v) is 2.49. The molecular formula is C5H9N3. The number of hydrazine groups is 1. The molecule has 1 rings (SSSR count). The average Bonchev–Trinajstić information content (AvgIpc) is 1.64. The zero-order chi connectivity index (χ0) is 5.98. The average molecular weight is 111 g/mol. The van der Waals surface area contributed by atoms with Gasteiger partial charge in [0.1, 0.15) is 6.34 Å². The van der Waals surface area contributed by atoms with Crippen LogP contribution < -0.4 is 5.43 Å². The molecule has 0 amide bonds. The molecule has 0 atom stereocenters. The summed E-state index contributed by atoms with van der Waals surface area (Å²) in [6.45, 7) is 1.95. The molecule has 0 aromatic heterocycles. The van der Waals surface area contributed by atoms with E-state index in [0.29, 0.717) is 0 Å². The van der Waals surface area contributed by atoms with Crippen LogP contribution in [0.25, 0.3) is 0 Å². The summed E-state index contributed by atoms with van der Waals surface area (Å²) in [7, 11) is 1.93. The highest BCUT2D eigenvalue weighted by atomic mass is 15.5. The van der Waals surface area contributed by atoms with Gasteiger partial charge in [0.25, 0.3) is 0 Å². The number of nitrogens with one attached hydrogen (secondary N) is 1. The highest BCUT2D eigenvalue weighted by Crippen LogP contribution is 1.96. The van der Waals surface area contributed by atoms with Gasteiger partial charge in [-0.05, 0) is 6.92 Å². The summed E-state index contributed by atoms with van der Waals surface area (Å²) in [5.41, 5.74) is 3.90. The fraction of sp³-hybridized carbons (Fsp3) is 0.400. The third-order valence-corrected chi connectivity index (χ3v) is 0.910. The van der Waals surface area contributed by atoms with Gasteiger partial charge in [-0.2, -0.15) is 0 Å². The summed E-state index contributed by atoms with van der Waals surface area (Å²) in [5, 5.41) is 1.85. The number of allylic oxidation sites excluding steroid dienone is 1. The van der Waals surface area contributed by atoms with Crippen LogP contribution in [0.1, 0.15) is 6.92 Å². The molecule has 0 saturated carbocycles. The Labute approximate surface area is 48.7 Å². The maximum atomic E-state index is 3.96. The van der Waals surface area contributed by atoms with Gasteiger partial charge in [-0.15, -0.1) is 0 Å². The van der Waals surface area contributed by atoms with E-state index in [0.717, 1.165) is 5.70 Å². The molecule has 1 aliphatic rings. The van der Waals surface area contributed by atoms with E-state index in [1.807, 2.05) is 25.2 Å². The normalized spacial score (nSPS) is 17.8.